The van der Waals surface area contributed by atoms with E-state index in [1.54, 1.807) is 0 Å². The molecule has 1 aromatic carbocycles. The Hall–Kier alpha value is -0.680. The molecule has 2 atom stereocenters. The van der Waals surface area contributed by atoms with Gasteiger partial charge in [-0.3, -0.25) is 4.90 Å². The molecular weight excluding hydrogens is 357 g/mol. The van der Waals surface area contributed by atoms with Crippen molar-refractivity contribution in [2.75, 3.05) is 44.2 Å². The van der Waals surface area contributed by atoms with E-state index in [2.05, 4.69) is 54.9 Å². The minimum atomic E-state index is 0. The summed E-state index contributed by atoms with van der Waals surface area (Å²) in [6.07, 6.45) is 1.12. The molecule has 146 valence electrons. The molecule has 1 heterocycles. The van der Waals surface area contributed by atoms with Crippen molar-refractivity contribution in [1.29, 1.82) is 0 Å². The number of benzene rings is 1. The van der Waals surface area contributed by atoms with Gasteiger partial charge in [0, 0.05) is 62.6 Å². The van der Waals surface area contributed by atoms with Crippen molar-refractivity contribution >= 4 is 30.5 Å². The predicted octanol–water partition coefficient (Wildman–Crippen LogP) is 4.07. The Labute approximate surface area is 165 Å². The molecule has 1 aliphatic heterocycles. The molecule has 0 spiro atoms. The summed E-state index contributed by atoms with van der Waals surface area (Å²) in [5, 5.41) is 14.1. The van der Waals surface area contributed by atoms with E-state index in [1.807, 2.05) is 6.07 Å². The van der Waals surface area contributed by atoms with Crippen LogP contribution in [0.5, 0.6) is 5.75 Å². The summed E-state index contributed by atoms with van der Waals surface area (Å²) in [4.78, 5) is 4.80. The Morgan fingerprint density at radius 3 is 2.20 bits per heavy atom. The van der Waals surface area contributed by atoms with E-state index >= 15 is 0 Å². The lowest BCUT2D eigenvalue weighted by atomic mass is 9.89. The van der Waals surface area contributed by atoms with Gasteiger partial charge in [-0.1, -0.05) is 26.3 Å². The van der Waals surface area contributed by atoms with Crippen molar-refractivity contribution in [2.24, 2.45) is 5.92 Å². The number of rotatable bonds is 7. The minimum Gasteiger partial charge on any atom is -0.508 e. The molecule has 1 saturated heterocycles. The molecule has 0 amide bonds. The third-order valence-corrected chi connectivity index (χ3v) is 5.19. The molecule has 0 radical (unpaired) electrons. The van der Waals surface area contributed by atoms with Crippen molar-refractivity contribution < 1.29 is 5.11 Å². The number of hydrogen-bond donors (Lipinski definition) is 2. The van der Waals surface area contributed by atoms with Gasteiger partial charge in [-0.2, -0.15) is 0 Å². The molecule has 1 aromatic rings. The van der Waals surface area contributed by atoms with Crippen LogP contribution in [0.2, 0.25) is 0 Å². The predicted molar refractivity (Wildman–Crippen MR) is 113 cm³/mol. The van der Waals surface area contributed by atoms with Gasteiger partial charge in [0.15, 0.2) is 0 Å². The maximum absolute atomic E-state index is 10.7. The van der Waals surface area contributed by atoms with Crippen molar-refractivity contribution in [3.63, 3.8) is 0 Å². The molecule has 6 heteroatoms. The highest BCUT2D eigenvalue weighted by molar-refractivity contribution is 5.85. The highest BCUT2D eigenvalue weighted by Gasteiger charge is 2.28. The van der Waals surface area contributed by atoms with E-state index in [4.69, 9.17) is 0 Å². The number of aromatic hydroxyl groups is 1. The largest absolute Gasteiger partial charge is 0.508 e. The van der Waals surface area contributed by atoms with Crippen LogP contribution in [0.1, 0.15) is 45.7 Å². The van der Waals surface area contributed by atoms with Gasteiger partial charge in [0.1, 0.15) is 5.75 Å². The van der Waals surface area contributed by atoms with E-state index in [-0.39, 0.29) is 24.8 Å². The SMILES string of the molecule is CCC(C)[C@@H](c1ccc(N(CC)CC)cc1O)N1CCNCC1.Cl.Cl. The lowest BCUT2D eigenvalue weighted by molar-refractivity contribution is 0.126. The van der Waals surface area contributed by atoms with Crippen LogP contribution in [-0.2, 0) is 0 Å². The van der Waals surface area contributed by atoms with Crippen LogP contribution in [0.25, 0.3) is 0 Å². The van der Waals surface area contributed by atoms with Crippen molar-refractivity contribution in [1.82, 2.24) is 10.2 Å². The lowest BCUT2D eigenvalue weighted by Crippen LogP contribution is -2.46. The number of phenols is 1. The standard InChI is InChI=1S/C19H33N3O.2ClH/c1-5-15(4)19(22-12-10-20-11-13-22)17-9-8-16(14-18(17)23)21(6-2)7-3;;/h8-9,14-15,19-20,23H,5-7,10-13H2,1-4H3;2*1H/t15?,19-;;/m0../s1. The summed E-state index contributed by atoms with van der Waals surface area (Å²) in [5.41, 5.74) is 2.19. The van der Waals surface area contributed by atoms with Gasteiger partial charge >= 0.3 is 0 Å². The van der Waals surface area contributed by atoms with Gasteiger partial charge < -0.3 is 15.3 Å². The Bertz CT molecular complexity index is 492. The third-order valence-electron chi connectivity index (χ3n) is 5.19. The molecule has 2 N–H and O–H groups in total. The van der Waals surface area contributed by atoms with Crippen LogP contribution in [0.3, 0.4) is 0 Å². The van der Waals surface area contributed by atoms with Crippen LogP contribution in [-0.4, -0.2) is 49.3 Å². The first-order chi connectivity index (χ1) is 11.1. The number of piperazine rings is 1. The highest BCUT2D eigenvalue weighted by atomic mass is 35.5. The average molecular weight is 392 g/mol. The second-order valence-corrected chi connectivity index (χ2v) is 6.53. The summed E-state index contributed by atoms with van der Waals surface area (Å²) in [5.74, 6) is 0.969. The Balaban J connectivity index is 0.00000288. The van der Waals surface area contributed by atoms with Gasteiger partial charge in [-0.25, -0.2) is 0 Å². The van der Waals surface area contributed by atoms with E-state index in [0.717, 1.165) is 56.9 Å². The van der Waals surface area contributed by atoms with Crippen LogP contribution in [0.4, 0.5) is 5.69 Å². The molecule has 0 bridgehead atoms. The monoisotopic (exact) mass is 391 g/mol. The van der Waals surface area contributed by atoms with Gasteiger partial charge in [-0.05, 0) is 25.8 Å². The van der Waals surface area contributed by atoms with Gasteiger partial charge in [0.25, 0.3) is 0 Å². The fourth-order valence-corrected chi connectivity index (χ4v) is 3.61. The number of hydrogen-bond acceptors (Lipinski definition) is 4. The first kappa shape index (κ1) is 24.3. The molecule has 4 nitrogen and oxygen atoms in total. The quantitative estimate of drug-likeness (QED) is 0.734. The van der Waals surface area contributed by atoms with Gasteiger partial charge in [0.2, 0.25) is 0 Å². The summed E-state index contributed by atoms with van der Waals surface area (Å²) in [6.45, 7) is 14.9. The van der Waals surface area contributed by atoms with Crippen molar-refractivity contribution in [3.8, 4) is 5.75 Å². The molecule has 1 unspecified atom stereocenters. The minimum absolute atomic E-state index is 0. The Kier molecular flexibility index (Phi) is 11.5. The molecule has 25 heavy (non-hydrogen) atoms. The molecular formula is C19H35Cl2N3O. The van der Waals surface area contributed by atoms with E-state index in [1.165, 1.54) is 0 Å². The summed E-state index contributed by atoms with van der Waals surface area (Å²) in [6, 6.07) is 6.55. The molecule has 0 aromatic heterocycles. The lowest BCUT2D eigenvalue weighted by Gasteiger charge is -2.39. The topological polar surface area (TPSA) is 38.7 Å². The van der Waals surface area contributed by atoms with Crippen LogP contribution < -0.4 is 10.2 Å². The number of phenolic OH excluding ortho intramolecular Hbond substituents is 1. The van der Waals surface area contributed by atoms with Crippen molar-refractivity contribution in [2.45, 2.75) is 40.2 Å². The third kappa shape index (κ3) is 5.92. The van der Waals surface area contributed by atoms with Crippen molar-refractivity contribution in [3.05, 3.63) is 23.8 Å². The second-order valence-electron chi connectivity index (χ2n) is 6.53. The Morgan fingerprint density at radius 2 is 1.72 bits per heavy atom. The molecule has 0 aliphatic carbocycles. The Morgan fingerprint density at radius 1 is 1.12 bits per heavy atom. The van der Waals surface area contributed by atoms with Crippen LogP contribution in [0, 0.1) is 5.92 Å². The van der Waals surface area contributed by atoms with Gasteiger partial charge in [0.05, 0.1) is 0 Å². The summed E-state index contributed by atoms with van der Waals surface area (Å²) in [7, 11) is 0. The maximum Gasteiger partial charge on any atom is 0.122 e. The number of halogens is 2. The fourth-order valence-electron chi connectivity index (χ4n) is 3.61. The fraction of sp³-hybridized carbons (Fsp3) is 0.684. The van der Waals surface area contributed by atoms with E-state index in [9.17, 15) is 5.11 Å². The summed E-state index contributed by atoms with van der Waals surface area (Å²) < 4.78 is 0. The number of anilines is 1. The zero-order valence-electron chi connectivity index (χ0n) is 16.0. The normalized spacial score (nSPS) is 17.1. The van der Waals surface area contributed by atoms with Crippen LogP contribution in [0.15, 0.2) is 18.2 Å². The van der Waals surface area contributed by atoms with E-state index in [0.29, 0.717) is 17.7 Å². The van der Waals surface area contributed by atoms with Crippen LogP contribution >= 0.6 is 24.8 Å². The molecule has 1 aliphatic rings. The average Bonchev–Trinajstić information content (AvgIpc) is 2.58. The zero-order chi connectivity index (χ0) is 16.8. The first-order valence-electron chi connectivity index (χ1n) is 9.14. The zero-order valence-corrected chi connectivity index (χ0v) is 17.6. The van der Waals surface area contributed by atoms with Gasteiger partial charge in [-0.15, -0.1) is 24.8 Å². The maximum atomic E-state index is 10.7. The number of nitrogens with zero attached hydrogens (tertiary/aromatic N) is 2. The number of nitrogens with one attached hydrogen (secondary N) is 1. The first-order valence-corrected chi connectivity index (χ1v) is 9.14. The summed E-state index contributed by atoms with van der Waals surface area (Å²) >= 11 is 0. The smallest absolute Gasteiger partial charge is 0.122 e. The highest BCUT2D eigenvalue weighted by Crippen LogP contribution is 2.37. The molecule has 2 rings (SSSR count). The second kappa shape index (κ2) is 11.8. The molecule has 1 fully saturated rings. The van der Waals surface area contributed by atoms with E-state index < -0.39 is 0 Å². The molecule has 0 saturated carbocycles.